The molecule has 0 unspecified atom stereocenters. The van der Waals surface area contributed by atoms with E-state index >= 15 is 0 Å². The molecular formula is C15H25NO4. The second-order valence-corrected chi connectivity index (χ2v) is 5.86. The number of carbonyl (C=O) groups excluding carboxylic acids is 2. The summed E-state index contributed by atoms with van der Waals surface area (Å²) in [5.41, 5.74) is 0. The van der Waals surface area contributed by atoms with Gasteiger partial charge in [0, 0.05) is 6.04 Å². The van der Waals surface area contributed by atoms with Crippen LogP contribution in [0.25, 0.3) is 0 Å². The van der Waals surface area contributed by atoms with Gasteiger partial charge in [0.2, 0.25) is 5.91 Å². The van der Waals surface area contributed by atoms with Gasteiger partial charge < -0.3 is 14.8 Å². The molecule has 2 fully saturated rings. The lowest BCUT2D eigenvalue weighted by Gasteiger charge is -2.26. The first kappa shape index (κ1) is 15.3. The summed E-state index contributed by atoms with van der Waals surface area (Å²) in [6.07, 6.45) is 7.96. The third-order valence-corrected chi connectivity index (χ3v) is 4.38. The zero-order valence-electron chi connectivity index (χ0n) is 12.2. The number of methoxy groups -OCH3 is 1. The minimum atomic E-state index is -0.123. The quantitative estimate of drug-likeness (QED) is 0.781. The van der Waals surface area contributed by atoms with Gasteiger partial charge in [-0.15, -0.1) is 0 Å². The van der Waals surface area contributed by atoms with Crippen molar-refractivity contribution >= 4 is 11.9 Å². The Morgan fingerprint density at radius 3 is 2.30 bits per heavy atom. The molecule has 0 saturated heterocycles. The van der Waals surface area contributed by atoms with E-state index < -0.39 is 0 Å². The fraction of sp³-hybridized carbons (Fsp3) is 0.867. The van der Waals surface area contributed by atoms with Crippen molar-refractivity contribution in [2.45, 2.75) is 63.5 Å². The minimum Gasteiger partial charge on any atom is -0.469 e. The summed E-state index contributed by atoms with van der Waals surface area (Å²) in [7, 11) is 1.43. The molecule has 5 heteroatoms. The van der Waals surface area contributed by atoms with Crippen molar-refractivity contribution < 1.29 is 19.1 Å². The van der Waals surface area contributed by atoms with Crippen LogP contribution in [0.3, 0.4) is 0 Å². The smallest absolute Gasteiger partial charge is 0.308 e. The summed E-state index contributed by atoms with van der Waals surface area (Å²) < 4.78 is 10.4. The number of amides is 1. The Hall–Kier alpha value is -1.10. The number of esters is 1. The Bertz CT molecular complexity index is 331. The fourth-order valence-electron chi connectivity index (χ4n) is 3.16. The van der Waals surface area contributed by atoms with E-state index in [0.717, 1.165) is 38.5 Å². The van der Waals surface area contributed by atoms with Crippen LogP contribution in [0, 0.1) is 5.92 Å². The molecule has 0 aromatic rings. The maximum atomic E-state index is 11.8. The lowest BCUT2D eigenvalue weighted by Crippen LogP contribution is -2.37. The summed E-state index contributed by atoms with van der Waals surface area (Å²) >= 11 is 0. The van der Waals surface area contributed by atoms with Crippen molar-refractivity contribution in [1.29, 1.82) is 0 Å². The van der Waals surface area contributed by atoms with E-state index in [1.807, 2.05) is 0 Å². The van der Waals surface area contributed by atoms with Crippen molar-refractivity contribution in [3.63, 3.8) is 0 Å². The van der Waals surface area contributed by atoms with Gasteiger partial charge in [-0.3, -0.25) is 9.59 Å². The maximum absolute atomic E-state index is 11.8. The molecule has 2 aliphatic rings. The number of carbonyl (C=O) groups is 2. The predicted octanol–water partition coefficient (Wildman–Crippen LogP) is 1.79. The van der Waals surface area contributed by atoms with E-state index in [-0.39, 0.29) is 30.5 Å². The van der Waals surface area contributed by atoms with Crippen LogP contribution >= 0.6 is 0 Å². The Labute approximate surface area is 120 Å². The van der Waals surface area contributed by atoms with Crippen LogP contribution < -0.4 is 5.32 Å². The molecule has 20 heavy (non-hydrogen) atoms. The first-order valence-electron chi connectivity index (χ1n) is 7.68. The van der Waals surface area contributed by atoms with Crippen LogP contribution in [0.15, 0.2) is 0 Å². The van der Waals surface area contributed by atoms with Crippen molar-refractivity contribution in [2.75, 3.05) is 13.7 Å². The van der Waals surface area contributed by atoms with E-state index in [2.05, 4.69) is 5.32 Å². The van der Waals surface area contributed by atoms with E-state index in [1.165, 1.54) is 20.0 Å². The standard InChI is InChI=1S/C15H25NO4/c1-19-15(18)11-6-8-13(9-7-11)20-10-14(17)16-12-4-2-3-5-12/h11-13H,2-10H2,1H3,(H,16,17). The molecule has 0 heterocycles. The first-order chi connectivity index (χ1) is 9.69. The molecule has 0 atom stereocenters. The average Bonchev–Trinajstić information content (AvgIpc) is 2.97. The third-order valence-electron chi connectivity index (χ3n) is 4.38. The van der Waals surface area contributed by atoms with Gasteiger partial charge in [0.05, 0.1) is 19.1 Å². The van der Waals surface area contributed by atoms with Crippen LogP contribution in [-0.2, 0) is 19.1 Å². The summed E-state index contributed by atoms with van der Waals surface area (Å²) in [5, 5.41) is 3.02. The number of hydrogen-bond acceptors (Lipinski definition) is 4. The normalized spacial score (nSPS) is 27.2. The SMILES string of the molecule is COC(=O)C1CCC(OCC(=O)NC2CCCC2)CC1. The van der Waals surface area contributed by atoms with Crippen LogP contribution in [0.5, 0.6) is 0 Å². The molecule has 0 aromatic carbocycles. The Morgan fingerprint density at radius 1 is 1.05 bits per heavy atom. The van der Waals surface area contributed by atoms with Crippen LogP contribution in [0.2, 0.25) is 0 Å². The molecule has 1 amide bonds. The van der Waals surface area contributed by atoms with Crippen LogP contribution in [-0.4, -0.2) is 37.7 Å². The minimum absolute atomic E-state index is 0.00663. The lowest BCUT2D eigenvalue weighted by molar-refractivity contribution is -0.148. The van der Waals surface area contributed by atoms with Gasteiger partial charge in [0.15, 0.2) is 0 Å². The first-order valence-corrected chi connectivity index (χ1v) is 7.68. The molecule has 0 radical (unpaired) electrons. The van der Waals surface area contributed by atoms with Gasteiger partial charge in [-0.1, -0.05) is 12.8 Å². The lowest BCUT2D eigenvalue weighted by atomic mass is 9.87. The highest BCUT2D eigenvalue weighted by Gasteiger charge is 2.27. The molecule has 5 nitrogen and oxygen atoms in total. The molecule has 2 aliphatic carbocycles. The largest absolute Gasteiger partial charge is 0.469 e. The molecule has 0 aromatic heterocycles. The molecule has 0 spiro atoms. The van der Waals surface area contributed by atoms with Crippen molar-refractivity contribution in [3.8, 4) is 0 Å². The predicted molar refractivity (Wildman–Crippen MR) is 74.1 cm³/mol. The van der Waals surface area contributed by atoms with Gasteiger partial charge in [0.25, 0.3) is 0 Å². The van der Waals surface area contributed by atoms with Gasteiger partial charge in [-0.05, 0) is 38.5 Å². The third kappa shape index (κ3) is 4.47. The summed E-state index contributed by atoms with van der Waals surface area (Å²) in [5.74, 6) is -0.124. The monoisotopic (exact) mass is 283 g/mol. The Balaban J connectivity index is 1.60. The average molecular weight is 283 g/mol. The van der Waals surface area contributed by atoms with E-state index in [9.17, 15) is 9.59 Å². The number of ether oxygens (including phenoxy) is 2. The zero-order valence-corrected chi connectivity index (χ0v) is 12.2. The second-order valence-electron chi connectivity index (χ2n) is 5.86. The maximum Gasteiger partial charge on any atom is 0.308 e. The van der Waals surface area contributed by atoms with E-state index in [0.29, 0.717) is 6.04 Å². The highest BCUT2D eigenvalue weighted by Crippen LogP contribution is 2.27. The molecule has 1 N–H and O–H groups in total. The van der Waals surface area contributed by atoms with Gasteiger partial charge >= 0.3 is 5.97 Å². The molecule has 0 aliphatic heterocycles. The Morgan fingerprint density at radius 2 is 1.70 bits per heavy atom. The molecule has 2 rings (SSSR count). The second kappa shape index (κ2) is 7.62. The molecule has 114 valence electrons. The van der Waals surface area contributed by atoms with Gasteiger partial charge in [-0.25, -0.2) is 0 Å². The zero-order chi connectivity index (χ0) is 14.4. The van der Waals surface area contributed by atoms with Crippen molar-refractivity contribution in [3.05, 3.63) is 0 Å². The van der Waals surface area contributed by atoms with Crippen LogP contribution in [0.4, 0.5) is 0 Å². The fourth-order valence-corrected chi connectivity index (χ4v) is 3.16. The number of hydrogen-bond donors (Lipinski definition) is 1. The topological polar surface area (TPSA) is 64.6 Å². The molecular weight excluding hydrogens is 258 g/mol. The van der Waals surface area contributed by atoms with Crippen molar-refractivity contribution in [2.24, 2.45) is 5.92 Å². The highest BCUT2D eigenvalue weighted by atomic mass is 16.5. The number of nitrogens with one attached hydrogen (secondary N) is 1. The number of rotatable bonds is 5. The van der Waals surface area contributed by atoms with Crippen LogP contribution in [0.1, 0.15) is 51.4 Å². The van der Waals surface area contributed by atoms with E-state index in [1.54, 1.807) is 0 Å². The summed E-state index contributed by atoms with van der Waals surface area (Å²) in [4.78, 5) is 23.2. The van der Waals surface area contributed by atoms with E-state index in [4.69, 9.17) is 9.47 Å². The summed E-state index contributed by atoms with van der Waals surface area (Å²) in [6, 6.07) is 0.348. The summed E-state index contributed by atoms with van der Waals surface area (Å²) in [6.45, 7) is 0.143. The van der Waals surface area contributed by atoms with Crippen molar-refractivity contribution in [1.82, 2.24) is 5.32 Å². The molecule has 0 bridgehead atoms. The highest BCUT2D eigenvalue weighted by molar-refractivity contribution is 5.77. The van der Waals surface area contributed by atoms with Gasteiger partial charge in [0.1, 0.15) is 6.61 Å². The molecule has 2 saturated carbocycles. The Kier molecular flexibility index (Phi) is 5.83. The van der Waals surface area contributed by atoms with Gasteiger partial charge in [-0.2, -0.15) is 0 Å².